The van der Waals surface area contributed by atoms with E-state index in [1.165, 1.54) is 12.1 Å². The van der Waals surface area contributed by atoms with Gasteiger partial charge < -0.3 is 15.4 Å². The summed E-state index contributed by atoms with van der Waals surface area (Å²) < 4.78 is 19.2. The summed E-state index contributed by atoms with van der Waals surface area (Å²) in [5.41, 5.74) is 6.53. The molecule has 0 aromatic heterocycles. The van der Waals surface area contributed by atoms with E-state index in [1.54, 1.807) is 6.92 Å². The van der Waals surface area contributed by atoms with Gasteiger partial charge in [-0.05, 0) is 37.3 Å². The van der Waals surface area contributed by atoms with Gasteiger partial charge in [-0.2, -0.15) is 0 Å². The van der Waals surface area contributed by atoms with Crippen LogP contribution in [0.5, 0.6) is 0 Å². The van der Waals surface area contributed by atoms with Crippen molar-refractivity contribution in [2.45, 2.75) is 27.2 Å². The molecule has 1 unspecified atom stereocenters. The topological polar surface area (TPSA) is 55.6 Å². The zero-order valence-electron chi connectivity index (χ0n) is 12.9. The number of rotatable bonds is 4. The number of hydrogen-bond acceptors (Lipinski definition) is 4. The van der Waals surface area contributed by atoms with Crippen LogP contribution < -0.4 is 10.6 Å². The van der Waals surface area contributed by atoms with Crippen molar-refractivity contribution in [3.05, 3.63) is 23.5 Å². The van der Waals surface area contributed by atoms with E-state index in [0.29, 0.717) is 17.5 Å². The number of carbonyl (C=O) groups is 1. The van der Waals surface area contributed by atoms with Gasteiger partial charge in [-0.25, -0.2) is 9.18 Å². The van der Waals surface area contributed by atoms with Gasteiger partial charge in [0.05, 0.1) is 17.9 Å². The van der Waals surface area contributed by atoms with Gasteiger partial charge in [0.25, 0.3) is 0 Å². The lowest BCUT2D eigenvalue weighted by molar-refractivity contribution is 0.0527. The molecule has 1 heterocycles. The second-order valence-electron chi connectivity index (χ2n) is 5.85. The highest BCUT2D eigenvalue weighted by Crippen LogP contribution is 2.32. The van der Waals surface area contributed by atoms with E-state index in [4.69, 9.17) is 10.5 Å². The Labute approximate surface area is 125 Å². The minimum Gasteiger partial charge on any atom is -0.462 e. The van der Waals surface area contributed by atoms with Crippen LogP contribution >= 0.6 is 0 Å². The van der Waals surface area contributed by atoms with Crippen LogP contribution in [0.15, 0.2) is 12.1 Å². The fourth-order valence-electron chi connectivity index (χ4n) is 2.76. The van der Waals surface area contributed by atoms with Crippen LogP contribution in [0.1, 0.15) is 37.6 Å². The number of ether oxygens (including phenoxy) is 1. The van der Waals surface area contributed by atoms with E-state index in [0.717, 1.165) is 19.5 Å². The maximum Gasteiger partial charge on any atom is 0.340 e. The Balaban J connectivity index is 2.28. The van der Waals surface area contributed by atoms with Gasteiger partial charge in [-0.1, -0.05) is 13.8 Å². The molecule has 116 valence electrons. The zero-order chi connectivity index (χ0) is 15.6. The van der Waals surface area contributed by atoms with E-state index in [-0.39, 0.29) is 23.7 Å². The van der Waals surface area contributed by atoms with Gasteiger partial charge in [0.2, 0.25) is 0 Å². The van der Waals surface area contributed by atoms with Crippen LogP contribution in [0.4, 0.5) is 15.8 Å². The summed E-state index contributed by atoms with van der Waals surface area (Å²) in [6.45, 7) is 7.96. The Bertz CT molecular complexity index is 531. The van der Waals surface area contributed by atoms with E-state index < -0.39 is 5.97 Å². The van der Waals surface area contributed by atoms with Crippen LogP contribution in [0.25, 0.3) is 0 Å². The first-order valence-electron chi connectivity index (χ1n) is 7.45. The highest BCUT2D eigenvalue weighted by atomic mass is 19.1. The molecule has 0 spiro atoms. The van der Waals surface area contributed by atoms with Gasteiger partial charge in [0.1, 0.15) is 5.82 Å². The molecule has 1 saturated heterocycles. The number of benzene rings is 1. The Morgan fingerprint density at radius 3 is 2.81 bits per heavy atom. The van der Waals surface area contributed by atoms with Gasteiger partial charge in [0, 0.05) is 18.8 Å². The highest BCUT2D eigenvalue weighted by molar-refractivity contribution is 5.96. The van der Waals surface area contributed by atoms with Gasteiger partial charge in [-0.3, -0.25) is 0 Å². The van der Waals surface area contributed by atoms with Crippen LogP contribution in [-0.4, -0.2) is 25.7 Å². The summed E-state index contributed by atoms with van der Waals surface area (Å²) in [6.07, 6.45) is 1.04. The van der Waals surface area contributed by atoms with Gasteiger partial charge in [-0.15, -0.1) is 0 Å². The summed E-state index contributed by atoms with van der Waals surface area (Å²) in [4.78, 5) is 13.9. The average Bonchev–Trinajstić information content (AvgIpc) is 2.88. The summed E-state index contributed by atoms with van der Waals surface area (Å²) in [5, 5.41) is 0. The molecule has 0 radical (unpaired) electrons. The minimum atomic E-state index is -0.504. The second kappa shape index (κ2) is 6.33. The predicted molar refractivity (Wildman–Crippen MR) is 81.9 cm³/mol. The van der Waals surface area contributed by atoms with Crippen LogP contribution in [0.2, 0.25) is 0 Å². The fourth-order valence-corrected chi connectivity index (χ4v) is 2.76. The number of nitrogens with zero attached hydrogens (tertiary/aromatic N) is 1. The molecule has 2 N–H and O–H groups in total. The molecule has 1 aliphatic rings. The van der Waals surface area contributed by atoms with Crippen LogP contribution in [0, 0.1) is 17.7 Å². The van der Waals surface area contributed by atoms with Crippen molar-refractivity contribution in [1.82, 2.24) is 0 Å². The molecule has 2 rings (SSSR count). The van der Waals surface area contributed by atoms with Crippen molar-refractivity contribution < 1.29 is 13.9 Å². The maximum absolute atomic E-state index is 14.2. The van der Waals surface area contributed by atoms with Crippen LogP contribution in [-0.2, 0) is 4.74 Å². The molecule has 1 atom stereocenters. The van der Waals surface area contributed by atoms with E-state index >= 15 is 0 Å². The lowest BCUT2D eigenvalue weighted by Crippen LogP contribution is -2.23. The largest absolute Gasteiger partial charge is 0.462 e. The summed E-state index contributed by atoms with van der Waals surface area (Å²) in [5.74, 6) is 0.227. The standard InChI is InChI=1S/C16H23FN2O2/c1-4-21-16(20)12-7-15(13(17)8-14(12)18)19-6-5-11(9-19)10(2)3/h7-8,10-11H,4-6,9,18H2,1-3H3. The number of anilines is 2. The molecule has 1 fully saturated rings. The SMILES string of the molecule is CCOC(=O)c1cc(N2CCC(C(C)C)C2)c(F)cc1N. The third-order valence-corrected chi connectivity index (χ3v) is 4.12. The third kappa shape index (κ3) is 3.28. The Morgan fingerprint density at radius 2 is 2.24 bits per heavy atom. The number of halogens is 1. The molecule has 5 heteroatoms. The normalized spacial score (nSPS) is 18.3. The smallest absolute Gasteiger partial charge is 0.340 e. The van der Waals surface area contributed by atoms with Gasteiger partial charge >= 0.3 is 5.97 Å². The maximum atomic E-state index is 14.2. The molecule has 4 nitrogen and oxygen atoms in total. The average molecular weight is 294 g/mol. The summed E-state index contributed by atoms with van der Waals surface area (Å²) in [6, 6.07) is 2.73. The fraction of sp³-hybridized carbons (Fsp3) is 0.562. The number of hydrogen-bond donors (Lipinski definition) is 1. The molecular formula is C16H23FN2O2. The predicted octanol–water partition coefficient (Wildman–Crippen LogP) is 3.07. The van der Waals surface area contributed by atoms with Crippen molar-refractivity contribution in [3.8, 4) is 0 Å². The lowest BCUT2D eigenvalue weighted by atomic mass is 9.95. The van der Waals surface area contributed by atoms with Gasteiger partial charge in [0.15, 0.2) is 0 Å². The molecule has 1 aliphatic heterocycles. The van der Waals surface area contributed by atoms with Crippen molar-refractivity contribution in [2.75, 3.05) is 30.3 Å². The number of nitrogen functional groups attached to an aromatic ring is 1. The Hall–Kier alpha value is -1.78. The minimum absolute atomic E-state index is 0.120. The summed E-state index contributed by atoms with van der Waals surface area (Å²) in [7, 11) is 0. The first kappa shape index (κ1) is 15.6. The first-order chi connectivity index (χ1) is 9.93. The molecule has 1 aromatic carbocycles. The van der Waals surface area contributed by atoms with E-state index in [2.05, 4.69) is 13.8 Å². The zero-order valence-corrected chi connectivity index (χ0v) is 12.9. The third-order valence-electron chi connectivity index (χ3n) is 4.12. The molecule has 0 bridgehead atoms. The van der Waals surface area contributed by atoms with Crippen LogP contribution in [0.3, 0.4) is 0 Å². The van der Waals surface area contributed by atoms with E-state index in [9.17, 15) is 9.18 Å². The highest BCUT2D eigenvalue weighted by Gasteiger charge is 2.27. The van der Waals surface area contributed by atoms with Crippen molar-refractivity contribution in [1.29, 1.82) is 0 Å². The number of carbonyl (C=O) groups excluding carboxylic acids is 1. The molecule has 21 heavy (non-hydrogen) atoms. The van der Waals surface area contributed by atoms with E-state index in [1.807, 2.05) is 4.90 Å². The molecule has 1 aromatic rings. The summed E-state index contributed by atoms with van der Waals surface area (Å²) >= 11 is 0. The first-order valence-corrected chi connectivity index (χ1v) is 7.45. The molecule has 0 aliphatic carbocycles. The quantitative estimate of drug-likeness (QED) is 0.685. The van der Waals surface area contributed by atoms with Crippen molar-refractivity contribution in [3.63, 3.8) is 0 Å². The number of esters is 1. The Morgan fingerprint density at radius 1 is 1.52 bits per heavy atom. The molecular weight excluding hydrogens is 271 g/mol. The number of nitrogens with two attached hydrogens (primary N) is 1. The lowest BCUT2D eigenvalue weighted by Gasteiger charge is -2.21. The monoisotopic (exact) mass is 294 g/mol. The molecule has 0 amide bonds. The Kier molecular flexibility index (Phi) is 4.70. The second-order valence-corrected chi connectivity index (χ2v) is 5.85. The van der Waals surface area contributed by atoms with Crippen molar-refractivity contribution >= 4 is 17.3 Å². The molecule has 0 saturated carbocycles. The van der Waals surface area contributed by atoms with Crippen molar-refractivity contribution in [2.24, 2.45) is 11.8 Å².